The van der Waals surface area contributed by atoms with Crippen LogP contribution >= 0.6 is 0 Å². The fourth-order valence-corrected chi connectivity index (χ4v) is 2.31. The lowest BCUT2D eigenvalue weighted by Gasteiger charge is -2.14. The molecular formula is C19H18N2O2. The number of anilines is 1. The lowest BCUT2D eigenvalue weighted by molar-refractivity contribution is -0.127. The van der Waals surface area contributed by atoms with Crippen molar-refractivity contribution in [2.75, 3.05) is 5.32 Å². The van der Waals surface area contributed by atoms with E-state index in [4.69, 9.17) is 4.74 Å². The number of rotatable bonds is 5. The largest absolute Gasteiger partial charge is 0.364 e. The SMILES string of the molecule is C[C@H](OCc1ccccc1)C(=O)Nc1cccc2cccnc12. The summed E-state index contributed by atoms with van der Waals surface area (Å²) in [5.41, 5.74) is 2.51. The average Bonchev–Trinajstić information content (AvgIpc) is 2.61. The standard InChI is InChI=1S/C19H18N2O2/c1-14(23-13-15-7-3-2-4-8-15)19(22)21-17-11-5-9-16-10-6-12-20-18(16)17/h2-12,14H,13H2,1H3,(H,21,22)/t14-/m0/s1. The highest BCUT2D eigenvalue weighted by Crippen LogP contribution is 2.21. The van der Waals surface area contributed by atoms with Gasteiger partial charge in [0.05, 0.1) is 17.8 Å². The monoisotopic (exact) mass is 306 g/mol. The molecule has 3 aromatic rings. The summed E-state index contributed by atoms with van der Waals surface area (Å²) in [5.74, 6) is -0.181. The van der Waals surface area contributed by atoms with Crippen LogP contribution in [-0.4, -0.2) is 17.0 Å². The normalized spacial score (nSPS) is 12.0. The van der Waals surface area contributed by atoms with Gasteiger partial charge in [-0.15, -0.1) is 0 Å². The smallest absolute Gasteiger partial charge is 0.253 e. The fourth-order valence-electron chi connectivity index (χ4n) is 2.31. The Balaban J connectivity index is 1.66. The molecule has 0 saturated heterocycles. The Morgan fingerprint density at radius 2 is 1.87 bits per heavy atom. The molecule has 1 amide bonds. The van der Waals surface area contributed by atoms with E-state index in [-0.39, 0.29) is 5.91 Å². The van der Waals surface area contributed by atoms with Gasteiger partial charge in [0.1, 0.15) is 6.10 Å². The van der Waals surface area contributed by atoms with Crippen LogP contribution in [0.25, 0.3) is 10.9 Å². The maximum absolute atomic E-state index is 12.3. The molecule has 4 heteroatoms. The molecule has 2 aromatic carbocycles. The second-order valence-corrected chi connectivity index (χ2v) is 5.31. The first-order valence-corrected chi connectivity index (χ1v) is 7.54. The first kappa shape index (κ1) is 15.2. The van der Waals surface area contributed by atoms with Gasteiger partial charge < -0.3 is 10.1 Å². The lowest BCUT2D eigenvalue weighted by Crippen LogP contribution is -2.27. The van der Waals surface area contributed by atoms with Gasteiger partial charge in [0.15, 0.2) is 0 Å². The molecule has 0 aliphatic heterocycles. The van der Waals surface area contributed by atoms with Crippen LogP contribution < -0.4 is 5.32 Å². The number of carbonyl (C=O) groups is 1. The van der Waals surface area contributed by atoms with Gasteiger partial charge in [0.25, 0.3) is 5.91 Å². The predicted molar refractivity (Wildman–Crippen MR) is 91.1 cm³/mol. The second-order valence-electron chi connectivity index (χ2n) is 5.31. The first-order valence-electron chi connectivity index (χ1n) is 7.54. The molecule has 0 radical (unpaired) electrons. The van der Waals surface area contributed by atoms with Crippen LogP contribution in [0.2, 0.25) is 0 Å². The number of para-hydroxylation sites is 1. The predicted octanol–water partition coefficient (Wildman–Crippen LogP) is 3.78. The molecule has 0 saturated carbocycles. The number of hydrogen-bond acceptors (Lipinski definition) is 3. The molecule has 0 aliphatic rings. The van der Waals surface area contributed by atoms with Gasteiger partial charge >= 0.3 is 0 Å². The van der Waals surface area contributed by atoms with Crippen LogP contribution in [0.5, 0.6) is 0 Å². The molecule has 0 unspecified atom stereocenters. The number of carbonyl (C=O) groups excluding carboxylic acids is 1. The van der Waals surface area contributed by atoms with Crippen molar-refractivity contribution in [1.82, 2.24) is 4.98 Å². The number of amides is 1. The molecule has 0 spiro atoms. The van der Waals surface area contributed by atoms with E-state index in [0.29, 0.717) is 12.3 Å². The third-order valence-corrected chi connectivity index (χ3v) is 3.60. The molecule has 1 heterocycles. The minimum Gasteiger partial charge on any atom is -0.364 e. The Morgan fingerprint density at radius 1 is 1.09 bits per heavy atom. The minimum absolute atomic E-state index is 0.181. The van der Waals surface area contributed by atoms with E-state index in [9.17, 15) is 4.79 Å². The van der Waals surface area contributed by atoms with Gasteiger partial charge in [-0.25, -0.2) is 0 Å². The summed E-state index contributed by atoms with van der Waals surface area (Å²) in [6.45, 7) is 2.15. The highest BCUT2D eigenvalue weighted by molar-refractivity contribution is 6.01. The van der Waals surface area contributed by atoms with Crippen molar-refractivity contribution in [3.8, 4) is 0 Å². The van der Waals surface area contributed by atoms with Crippen molar-refractivity contribution in [1.29, 1.82) is 0 Å². The summed E-state index contributed by atoms with van der Waals surface area (Å²) < 4.78 is 5.64. The van der Waals surface area contributed by atoms with Gasteiger partial charge in [0.2, 0.25) is 0 Å². The first-order chi connectivity index (χ1) is 11.2. The summed E-state index contributed by atoms with van der Waals surface area (Å²) in [5, 5.41) is 3.88. The number of pyridine rings is 1. The van der Waals surface area contributed by atoms with E-state index in [1.165, 1.54) is 0 Å². The quantitative estimate of drug-likeness (QED) is 0.780. The average molecular weight is 306 g/mol. The van der Waals surface area contributed by atoms with Crippen LogP contribution in [0.3, 0.4) is 0 Å². The van der Waals surface area contributed by atoms with Gasteiger partial charge in [0, 0.05) is 11.6 Å². The molecule has 23 heavy (non-hydrogen) atoms. The molecule has 0 bridgehead atoms. The van der Waals surface area contributed by atoms with Crippen molar-refractivity contribution in [2.24, 2.45) is 0 Å². The van der Waals surface area contributed by atoms with Gasteiger partial charge in [-0.05, 0) is 24.6 Å². The molecule has 1 N–H and O–H groups in total. The lowest BCUT2D eigenvalue weighted by atomic mass is 10.2. The highest BCUT2D eigenvalue weighted by atomic mass is 16.5. The maximum atomic E-state index is 12.3. The molecule has 116 valence electrons. The molecule has 4 nitrogen and oxygen atoms in total. The Bertz CT molecular complexity index is 797. The van der Waals surface area contributed by atoms with Crippen molar-refractivity contribution in [2.45, 2.75) is 19.6 Å². The summed E-state index contributed by atoms with van der Waals surface area (Å²) in [4.78, 5) is 16.6. The molecule has 0 aliphatic carbocycles. The Morgan fingerprint density at radius 3 is 2.70 bits per heavy atom. The number of ether oxygens (including phenoxy) is 1. The van der Waals surface area contributed by atoms with E-state index in [2.05, 4.69) is 10.3 Å². The number of benzene rings is 2. The van der Waals surface area contributed by atoms with Crippen LogP contribution in [-0.2, 0) is 16.1 Å². The van der Waals surface area contributed by atoms with Gasteiger partial charge in [-0.2, -0.15) is 0 Å². The number of fused-ring (bicyclic) bond motifs is 1. The van der Waals surface area contributed by atoms with Gasteiger partial charge in [-0.3, -0.25) is 9.78 Å². The Labute approximate surface area is 135 Å². The molecular weight excluding hydrogens is 288 g/mol. The third kappa shape index (κ3) is 3.73. The molecule has 1 atom stereocenters. The maximum Gasteiger partial charge on any atom is 0.253 e. The Kier molecular flexibility index (Phi) is 4.64. The molecule has 0 fully saturated rings. The second kappa shape index (κ2) is 7.03. The van der Waals surface area contributed by atoms with Crippen molar-refractivity contribution in [3.05, 3.63) is 72.4 Å². The third-order valence-electron chi connectivity index (χ3n) is 3.60. The summed E-state index contributed by atoms with van der Waals surface area (Å²) >= 11 is 0. The van der Waals surface area contributed by atoms with Crippen molar-refractivity contribution >= 4 is 22.5 Å². The van der Waals surface area contributed by atoms with E-state index in [1.54, 1.807) is 13.1 Å². The van der Waals surface area contributed by atoms with Crippen LogP contribution in [0.4, 0.5) is 5.69 Å². The highest BCUT2D eigenvalue weighted by Gasteiger charge is 2.15. The van der Waals surface area contributed by atoms with E-state index < -0.39 is 6.10 Å². The zero-order valence-electron chi connectivity index (χ0n) is 12.9. The molecule has 1 aromatic heterocycles. The summed E-state index contributed by atoms with van der Waals surface area (Å²) in [7, 11) is 0. The van der Waals surface area contributed by atoms with Crippen LogP contribution in [0.1, 0.15) is 12.5 Å². The van der Waals surface area contributed by atoms with Crippen LogP contribution in [0, 0.1) is 0 Å². The fraction of sp³-hybridized carbons (Fsp3) is 0.158. The van der Waals surface area contributed by atoms with E-state index in [0.717, 1.165) is 16.5 Å². The number of aromatic nitrogens is 1. The number of nitrogens with one attached hydrogen (secondary N) is 1. The van der Waals surface area contributed by atoms with Crippen molar-refractivity contribution in [3.63, 3.8) is 0 Å². The van der Waals surface area contributed by atoms with Gasteiger partial charge in [-0.1, -0.05) is 48.5 Å². The number of nitrogens with zero attached hydrogens (tertiary/aromatic N) is 1. The zero-order chi connectivity index (χ0) is 16.1. The Hall–Kier alpha value is -2.72. The summed E-state index contributed by atoms with van der Waals surface area (Å²) in [6, 6.07) is 19.3. The zero-order valence-corrected chi connectivity index (χ0v) is 12.9. The van der Waals surface area contributed by atoms with E-state index in [1.807, 2.05) is 60.7 Å². The topological polar surface area (TPSA) is 51.2 Å². The van der Waals surface area contributed by atoms with E-state index >= 15 is 0 Å². The van der Waals surface area contributed by atoms with Crippen LogP contribution in [0.15, 0.2) is 66.9 Å². The number of hydrogen-bond donors (Lipinski definition) is 1. The van der Waals surface area contributed by atoms with Crippen molar-refractivity contribution < 1.29 is 9.53 Å². The molecule has 3 rings (SSSR count). The minimum atomic E-state index is -0.547. The summed E-state index contributed by atoms with van der Waals surface area (Å²) in [6.07, 6.45) is 1.17.